The van der Waals surface area contributed by atoms with Crippen LogP contribution in [0.2, 0.25) is 0 Å². The molecule has 28 heavy (non-hydrogen) atoms. The van der Waals surface area contributed by atoms with E-state index in [1.807, 2.05) is 6.92 Å². The van der Waals surface area contributed by atoms with Crippen LogP contribution in [0.4, 0.5) is 13.2 Å². The number of hydrogen-bond acceptors (Lipinski definition) is 2. The van der Waals surface area contributed by atoms with Gasteiger partial charge in [0.2, 0.25) is 5.91 Å². The first-order chi connectivity index (χ1) is 13.2. The van der Waals surface area contributed by atoms with E-state index in [9.17, 15) is 18.0 Å². The molecule has 1 amide bonds. The second-order valence-electron chi connectivity index (χ2n) is 10.00. The van der Waals surface area contributed by atoms with E-state index in [-0.39, 0.29) is 23.9 Å². The zero-order chi connectivity index (χ0) is 19.7. The maximum absolute atomic E-state index is 13.1. The molecule has 5 aliphatic rings. The smallest absolute Gasteiger partial charge is 0.350 e. The van der Waals surface area contributed by atoms with Crippen LogP contribution < -0.4 is 5.32 Å². The third kappa shape index (κ3) is 3.35. The predicted octanol–water partition coefficient (Wildman–Crippen LogP) is 4.50. The van der Waals surface area contributed by atoms with Crippen molar-refractivity contribution in [2.75, 3.05) is 0 Å². The highest BCUT2D eigenvalue weighted by atomic mass is 19.4. The van der Waals surface area contributed by atoms with Gasteiger partial charge in [-0.15, -0.1) is 0 Å². The van der Waals surface area contributed by atoms with Gasteiger partial charge in [0.15, 0.2) is 5.69 Å². The second-order valence-corrected chi connectivity index (χ2v) is 10.00. The number of halogens is 3. The topological polar surface area (TPSA) is 46.9 Å². The molecule has 5 aliphatic carbocycles. The van der Waals surface area contributed by atoms with E-state index in [1.54, 1.807) is 0 Å². The first-order valence-corrected chi connectivity index (χ1v) is 10.7. The average Bonchev–Trinajstić information content (AvgIpc) is 3.32. The van der Waals surface area contributed by atoms with Gasteiger partial charge >= 0.3 is 6.18 Å². The van der Waals surface area contributed by atoms with Crippen LogP contribution in [0.25, 0.3) is 0 Å². The summed E-state index contributed by atoms with van der Waals surface area (Å²) in [5.41, 5.74) is -0.286. The van der Waals surface area contributed by atoms with Crippen LogP contribution in [0.1, 0.15) is 75.6 Å². The van der Waals surface area contributed by atoms with Crippen LogP contribution in [-0.2, 0) is 17.5 Å². The summed E-state index contributed by atoms with van der Waals surface area (Å²) in [4.78, 5) is 13.0. The lowest BCUT2D eigenvalue weighted by Gasteiger charge is -2.57. The van der Waals surface area contributed by atoms with Crippen LogP contribution in [0.5, 0.6) is 0 Å². The average molecular weight is 395 g/mol. The zero-order valence-corrected chi connectivity index (χ0v) is 16.3. The van der Waals surface area contributed by atoms with E-state index in [2.05, 4.69) is 10.4 Å². The van der Waals surface area contributed by atoms with Crippen LogP contribution in [0.15, 0.2) is 6.07 Å². The maximum atomic E-state index is 13.1. The molecule has 7 heteroatoms. The fraction of sp³-hybridized carbons (Fsp3) is 0.810. The molecule has 0 aromatic carbocycles. The SMILES string of the molecule is CC(Cn1nc(C(F)(F)F)cc1C1CC1)C(=O)NC12CC3CC(CC(C3)C1)C2. The monoisotopic (exact) mass is 395 g/mol. The molecule has 5 saturated carbocycles. The first-order valence-electron chi connectivity index (χ1n) is 10.7. The van der Waals surface area contributed by atoms with Gasteiger partial charge in [0.1, 0.15) is 0 Å². The van der Waals surface area contributed by atoms with Gasteiger partial charge in [-0.3, -0.25) is 9.48 Å². The molecule has 4 nitrogen and oxygen atoms in total. The molecule has 1 heterocycles. The Morgan fingerprint density at radius 2 is 1.79 bits per heavy atom. The normalized spacial score (nSPS) is 35.2. The Kier molecular flexibility index (Phi) is 4.12. The summed E-state index contributed by atoms with van der Waals surface area (Å²) in [6.45, 7) is 2.02. The van der Waals surface area contributed by atoms with Crippen molar-refractivity contribution in [1.29, 1.82) is 0 Å². The minimum Gasteiger partial charge on any atom is -0.350 e. The maximum Gasteiger partial charge on any atom is 0.435 e. The van der Waals surface area contributed by atoms with Crippen molar-refractivity contribution in [2.24, 2.45) is 23.7 Å². The first kappa shape index (κ1) is 18.5. The molecule has 0 spiro atoms. The number of aromatic nitrogens is 2. The van der Waals surface area contributed by atoms with Crippen molar-refractivity contribution in [3.8, 4) is 0 Å². The molecule has 0 radical (unpaired) electrons. The van der Waals surface area contributed by atoms with Crippen molar-refractivity contribution in [3.63, 3.8) is 0 Å². The Balaban J connectivity index is 1.29. The number of carbonyl (C=O) groups is 1. The lowest BCUT2D eigenvalue weighted by molar-refractivity contribution is -0.141. The van der Waals surface area contributed by atoms with Crippen molar-refractivity contribution in [3.05, 3.63) is 17.5 Å². The molecule has 1 atom stereocenters. The highest BCUT2D eigenvalue weighted by Crippen LogP contribution is 2.55. The fourth-order valence-electron chi connectivity index (χ4n) is 6.41. The number of hydrogen-bond donors (Lipinski definition) is 1. The van der Waals surface area contributed by atoms with E-state index in [0.717, 1.165) is 49.9 Å². The molecule has 1 unspecified atom stereocenters. The Hall–Kier alpha value is -1.53. The summed E-state index contributed by atoms with van der Waals surface area (Å²) in [6.07, 6.45) is 4.50. The fourth-order valence-corrected chi connectivity index (χ4v) is 6.41. The quantitative estimate of drug-likeness (QED) is 0.798. The molecule has 0 saturated heterocycles. The van der Waals surface area contributed by atoms with E-state index in [4.69, 9.17) is 0 Å². The van der Waals surface area contributed by atoms with Crippen molar-refractivity contribution < 1.29 is 18.0 Å². The van der Waals surface area contributed by atoms with Crippen LogP contribution in [0, 0.1) is 23.7 Å². The molecule has 1 aromatic heterocycles. The number of rotatable bonds is 5. The predicted molar refractivity (Wildman–Crippen MR) is 97.4 cm³/mol. The van der Waals surface area contributed by atoms with E-state index >= 15 is 0 Å². The highest BCUT2D eigenvalue weighted by molar-refractivity contribution is 5.79. The third-order valence-corrected chi connectivity index (χ3v) is 7.42. The molecule has 4 bridgehead atoms. The number of carbonyl (C=O) groups excluding carboxylic acids is 1. The summed E-state index contributed by atoms with van der Waals surface area (Å²) in [7, 11) is 0. The number of nitrogens with one attached hydrogen (secondary N) is 1. The van der Waals surface area contributed by atoms with Gasteiger partial charge in [-0.25, -0.2) is 0 Å². The Labute approximate surface area is 163 Å². The highest BCUT2D eigenvalue weighted by Gasteiger charge is 2.51. The van der Waals surface area contributed by atoms with Gasteiger partial charge in [0, 0.05) is 17.2 Å². The summed E-state index contributed by atoms with van der Waals surface area (Å²) in [6, 6.07) is 1.17. The molecule has 1 aromatic rings. The minimum absolute atomic E-state index is 0.0345. The standard InChI is InChI=1S/C21H28F3N3O/c1-12(11-27-17(16-2-3-16)7-18(26-27)21(22,23)24)19(28)25-20-8-13-4-14(9-20)6-15(5-13)10-20/h7,12-16H,2-6,8-11H2,1H3,(H,25,28). The molecular weight excluding hydrogens is 367 g/mol. The van der Waals surface area contributed by atoms with E-state index in [1.165, 1.54) is 30.0 Å². The van der Waals surface area contributed by atoms with Crippen LogP contribution in [-0.4, -0.2) is 21.2 Å². The Bertz CT molecular complexity index is 745. The van der Waals surface area contributed by atoms with Crippen molar-refractivity contribution >= 4 is 5.91 Å². The lowest BCUT2D eigenvalue weighted by Crippen LogP contribution is -2.60. The molecule has 154 valence electrons. The van der Waals surface area contributed by atoms with Gasteiger partial charge in [0.25, 0.3) is 0 Å². The van der Waals surface area contributed by atoms with Gasteiger partial charge in [0.05, 0.1) is 12.5 Å². The summed E-state index contributed by atoms with van der Waals surface area (Å²) in [5.74, 6) is 1.94. The van der Waals surface area contributed by atoms with Crippen molar-refractivity contribution in [1.82, 2.24) is 15.1 Å². The molecule has 0 aliphatic heterocycles. The summed E-state index contributed by atoms with van der Waals surface area (Å²) < 4.78 is 40.7. The largest absolute Gasteiger partial charge is 0.435 e. The van der Waals surface area contributed by atoms with Crippen molar-refractivity contribution in [2.45, 2.75) is 82.5 Å². The lowest BCUT2D eigenvalue weighted by atomic mass is 9.53. The van der Waals surface area contributed by atoms with Gasteiger partial charge in [-0.1, -0.05) is 6.92 Å². The van der Waals surface area contributed by atoms with Crippen LogP contribution in [0.3, 0.4) is 0 Å². The number of amides is 1. The third-order valence-electron chi connectivity index (χ3n) is 7.42. The minimum atomic E-state index is -4.44. The van der Waals surface area contributed by atoms with E-state index < -0.39 is 17.8 Å². The number of alkyl halides is 3. The van der Waals surface area contributed by atoms with Crippen LogP contribution >= 0.6 is 0 Å². The Morgan fingerprint density at radius 1 is 1.21 bits per heavy atom. The summed E-state index contributed by atoms with van der Waals surface area (Å²) in [5, 5.41) is 7.15. The molecule has 6 rings (SSSR count). The van der Waals surface area contributed by atoms with Gasteiger partial charge < -0.3 is 5.32 Å². The van der Waals surface area contributed by atoms with Gasteiger partial charge in [-0.05, 0) is 75.2 Å². The Morgan fingerprint density at radius 3 is 2.29 bits per heavy atom. The second kappa shape index (κ2) is 6.23. The number of nitrogens with zero attached hydrogens (tertiary/aromatic N) is 2. The summed E-state index contributed by atoms with van der Waals surface area (Å²) >= 11 is 0. The molecule has 5 fully saturated rings. The zero-order valence-electron chi connectivity index (χ0n) is 16.3. The molecule has 1 N–H and O–H groups in total. The molecular formula is C21H28F3N3O. The van der Waals surface area contributed by atoms with E-state index in [0.29, 0.717) is 5.69 Å². The van der Waals surface area contributed by atoms with Gasteiger partial charge in [-0.2, -0.15) is 18.3 Å².